The summed E-state index contributed by atoms with van der Waals surface area (Å²) in [5, 5.41) is 0. The van der Waals surface area contributed by atoms with E-state index >= 15 is 0 Å². The number of benzene rings is 1. The van der Waals surface area contributed by atoms with Gasteiger partial charge in [-0.15, -0.1) is 0 Å². The Morgan fingerprint density at radius 2 is 1.75 bits per heavy atom. The molecule has 3 rings (SSSR count). The lowest BCUT2D eigenvalue weighted by Crippen LogP contribution is -2.20. The Labute approximate surface area is 93.6 Å². The standard InChI is InChI=1S/C13H15F2N/c14-11-2-1-7(6-12(11)15)13(16)10-4-8-3-9(8)5-10/h1-2,6,8-10,13H,3-5,16H2. The van der Waals surface area contributed by atoms with Gasteiger partial charge < -0.3 is 5.73 Å². The molecule has 0 radical (unpaired) electrons. The summed E-state index contributed by atoms with van der Waals surface area (Å²) in [5.41, 5.74) is 6.84. The Morgan fingerprint density at radius 1 is 1.06 bits per heavy atom. The molecule has 0 aromatic heterocycles. The van der Waals surface area contributed by atoms with E-state index in [1.807, 2.05) is 0 Å². The van der Waals surface area contributed by atoms with Crippen LogP contribution in [0.25, 0.3) is 0 Å². The molecule has 1 aromatic rings. The molecular weight excluding hydrogens is 208 g/mol. The molecule has 3 atom stereocenters. The molecule has 0 heterocycles. The van der Waals surface area contributed by atoms with Gasteiger partial charge in [-0.2, -0.15) is 0 Å². The monoisotopic (exact) mass is 223 g/mol. The number of nitrogens with two attached hydrogens (primary N) is 1. The average Bonchev–Trinajstić information content (AvgIpc) is 2.89. The van der Waals surface area contributed by atoms with E-state index in [1.165, 1.54) is 18.6 Å². The molecule has 0 bridgehead atoms. The van der Waals surface area contributed by atoms with Gasteiger partial charge in [0.25, 0.3) is 0 Å². The third-order valence-electron chi connectivity index (χ3n) is 4.12. The lowest BCUT2D eigenvalue weighted by molar-refractivity contribution is 0.401. The Hall–Kier alpha value is -0.960. The van der Waals surface area contributed by atoms with Crippen LogP contribution in [-0.2, 0) is 0 Å². The molecule has 0 spiro atoms. The smallest absolute Gasteiger partial charge is 0.159 e. The van der Waals surface area contributed by atoms with Crippen molar-refractivity contribution in [3.8, 4) is 0 Å². The van der Waals surface area contributed by atoms with Crippen molar-refractivity contribution in [2.24, 2.45) is 23.5 Å². The maximum atomic E-state index is 13.1. The normalized spacial score (nSPS) is 33.6. The molecule has 86 valence electrons. The summed E-state index contributed by atoms with van der Waals surface area (Å²) in [6, 6.07) is 3.87. The van der Waals surface area contributed by atoms with Crippen molar-refractivity contribution in [1.82, 2.24) is 0 Å². The van der Waals surface area contributed by atoms with Crippen LogP contribution in [0.15, 0.2) is 18.2 Å². The quantitative estimate of drug-likeness (QED) is 0.819. The van der Waals surface area contributed by atoms with Gasteiger partial charge in [-0.05, 0) is 54.7 Å². The second-order valence-corrected chi connectivity index (χ2v) is 5.19. The van der Waals surface area contributed by atoms with Gasteiger partial charge >= 0.3 is 0 Å². The van der Waals surface area contributed by atoms with Crippen molar-refractivity contribution in [2.75, 3.05) is 0 Å². The van der Waals surface area contributed by atoms with Gasteiger partial charge in [0.15, 0.2) is 11.6 Å². The van der Waals surface area contributed by atoms with Crippen molar-refractivity contribution in [3.63, 3.8) is 0 Å². The first-order valence-electron chi connectivity index (χ1n) is 5.85. The van der Waals surface area contributed by atoms with Gasteiger partial charge in [0.1, 0.15) is 0 Å². The fourth-order valence-corrected chi connectivity index (χ4v) is 3.05. The minimum atomic E-state index is -0.801. The van der Waals surface area contributed by atoms with Crippen LogP contribution in [0.3, 0.4) is 0 Å². The maximum Gasteiger partial charge on any atom is 0.159 e. The van der Waals surface area contributed by atoms with Gasteiger partial charge in [-0.1, -0.05) is 6.07 Å². The predicted octanol–water partition coefficient (Wildman–Crippen LogP) is 3.01. The van der Waals surface area contributed by atoms with Crippen LogP contribution in [0.4, 0.5) is 8.78 Å². The highest BCUT2D eigenvalue weighted by Crippen LogP contribution is 2.56. The first kappa shape index (κ1) is 10.2. The number of fused-ring (bicyclic) bond motifs is 1. The number of hydrogen-bond acceptors (Lipinski definition) is 1. The van der Waals surface area contributed by atoms with Crippen LogP contribution in [0.1, 0.15) is 30.9 Å². The molecule has 2 fully saturated rings. The molecule has 0 amide bonds. The Morgan fingerprint density at radius 3 is 2.38 bits per heavy atom. The van der Waals surface area contributed by atoms with Crippen molar-refractivity contribution in [1.29, 1.82) is 0 Å². The van der Waals surface area contributed by atoms with Crippen LogP contribution in [-0.4, -0.2) is 0 Å². The molecule has 0 aliphatic heterocycles. The second-order valence-electron chi connectivity index (χ2n) is 5.19. The van der Waals surface area contributed by atoms with Crippen LogP contribution in [0, 0.1) is 29.4 Å². The molecule has 3 unspecified atom stereocenters. The van der Waals surface area contributed by atoms with E-state index < -0.39 is 11.6 Å². The highest BCUT2D eigenvalue weighted by molar-refractivity contribution is 5.22. The molecule has 2 aliphatic carbocycles. The summed E-state index contributed by atoms with van der Waals surface area (Å²) in [5.74, 6) is 0.581. The van der Waals surface area contributed by atoms with Crippen LogP contribution in [0.2, 0.25) is 0 Å². The first-order valence-corrected chi connectivity index (χ1v) is 5.85. The minimum absolute atomic E-state index is 0.136. The Bertz CT molecular complexity index is 408. The summed E-state index contributed by atoms with van der Waals surface area (Å²) in [6.07, 6.45) is 3.66. The fourth-order valence-electron chi connectivity index (χ4n) is 3.05. The van der Waals surface area contributed by atoms with Gasteiger partial charge in [-0.25, -0.2) is 8.78 Å². The van der Waals surface area contributed by atoms with E-state index in [1.54, 1.807) is 6.07 Å². The Kier molecular flexibility index (Phi) is 2.25. The number of hydrogen-bond donors (Lipinski definition) is 1. The third-order valence-corrected chi connectivity index (χ3v) is 4.12. The van der Waals surface area contributed by atoms with Gasteiger partial charge in [0.2, 0.25) is 0 Å². The van der Waals surface area contributed by atoms with Gasteiger partial charge in [0.05, 0.1) is 0 Å². The summed E-state index contributed by atoms with van der Waals surface area (Å²) < 4.78 is 25.9. The summed E-state index contributed by atoms with van der Waals surface area (Å²) in [6.45, 7) is 0. The van der Waals surface area contributed by atoms with Crippen LogP contribution in [0.5, 0.6) is 0 Å². The fraction of sp³-hybridized carbons (Fsp3) is 0.538. The zero-order valence-corrected chi connectivity index (χ0v) is 9.00. The highest BCUT2D eigenvalue weighted by Gasteiger charge is 2.47. The molecule has 2 aliphatic rings. The number of rotatable bonds is 2. The van der Waals surface area contributed by atoms with Crippen molar-refractivity contribution in [2.45, 2.75) is 25.3 Å². The average molecular weight is 223 g/mol. The van der Waals surface area contributed by atoms with Crippen molar-refractivity contribution >= 4 is 0 Å². The van der Waals surface area contributed by atoms with E-state index in [0.29, 0.717) is 5.92 Å². The van der Waals surface area contributed by atoms with E-state index in [2.05, 4.69) is 0 Å². The molecule has 0 saturated heterocycles. The van der Waals surface area contributed by atoms with E-state index in [0.717, 1.165) is 30.2 Å². The zero-order valence-electron chi connectivity index (χ0n) is 9.00. The lowest BCUT2D eigenvalue weighted by Gasteiger charge is -2.21. The molecule has 16 heavy (non-hydrogen) atoms. The van der Waals surface area contributed by atoms with Crippen LogP contribution >= 0.6 is 0 Å². The molecular formula is C13H15F2N. The highest BCUT2D eigenvalue weighted by atomic mass is 19.2. The molecule has 3 heteroatoms. The summed E-state index contributed by atoms with van der Waals surface area (Å²) in [4.78, 5) is 0. The van der Waals surface area contributed by atoms with Crippen molar-refractivity contribution in [3.05, 3.63) is 35.4 Å². The maximum absolute atomic E-state index is 13.1. The second kappa shape index (κ2) is 3.52. The topological polar surface area (TPSA) is 26.0 Å². The van der Waals surface area contributed by atoms with Crippen molar-refractivity contribution < 1.29 is 8.78 Å². The minimum Gasteiger partial charge on any atom is -0.324 e. The number of halogens is 2. The molecule has 2 N–H and O–H groups in total. The third kappa shape index (κ3) is 1.63. The SMILES string of the molecule is NC(c1ccc(F)c(F)c1)C1CC2CC2C1. The molecule has 1 aromatic carbocycles. The van der Waals surface area contributed by atoms with Crippen LogP contribution < -0.4 is 5.73 Å². The Balaban J connectivity index is 1.77. The van der Waals surface area contributed by atoms with Gasteiger partial charge in [-0.3, -0.25) is 0 Å². The predicted molar refractivity (Wildman–Crippen MR) is 57.6 cm³/mol. The zero-order chi connectivity index (χ0) is 11.3. The lowest BCUT2D eigenvalue weighted by atomic mass is 9.90. The van der Waals surface area contributed by atoms with E-state index in [-0.39, 0.29) is 6.04 Å². The van der Waals surface area contributed by atoms with Gasteiger partial charge in [0, 0.05) is 6.04 Å². The van der Waals surface area contributed by atoms with E-state index in [9.17, 15) is 8.78 Å². The summed E-state index contributed by atoms with van der Waals surface area (Å²) in [7, 11) is 0. The largest absolute Gasteiger partial charge is 0.324 e. The molecule has 1 nitrogen and oxygen atoms in total. The first-order chi connectivity index (χ1) is 7.65. The van der Waals surface area contributed by atoms with E-state index in [4.69, 9.17) is 5.73 Å². The summed E-state index contributed by atoms with van der Waals surface area (Å²) >= 11 is 0. The molecule has 2 saturated carbocycles.